The average molecular weight is 358 g/mol. The van der Waals surface area contributed by atoms with E-state index < -0.39 is 0 Å². The van der Waals surface area contributed by atoms with Crippen LogP contribution in [0.4, 0.5) is 0 Å². The zero-order valence-corrected chi connectivity index (χ0v) is 15.7. The largest absolute Gasteiger partial charge is 0.376 e. The van der Waals surface area contributed by atoms with Crippen molar-refractivity contribution in [2.75, 3.05) is 33.3 Å². The lowest BCUT2D eigenvalue weighted by atomic mass is 9.94. The fourth-order valence-corrected chi connectivity index (χ4v) is 3.92. The molecule has 0 aliphatic carbocycles. The number of ether oxygens (including phenoxy) is 1. The van der Waals surface area contributed by atoms with Gasteiger partial charge in [-0.3, -0.25) is 9.59 Å². The van der Waals surface area contributed by atoms with E-state index in [1.807, 2.05) is 47.2 Å². The number of piperidine rings is 1. The summed E-state index contributed by atoms with van der Waals surface area (Å²) >= 11 is 0. The Labute approximate surface area is 156 Å². The number of likely N-dealkylation sites (tertiary alicyclic amines) is 1. The summed E-state index contributed by atoms with van der Waals surface area (Å²) in [5, 5.41) is 0. The SMILES string of the molecule is CN(CC1CCCCO1)C(=O)C1CCN(C(=O)Cc2ccccc2)CC1. The quantitative estimate of drug-likeness (QED) is 0.813. The average Bonchev–Trinajstić information content (AvgIpc) is 2.69. The molecule has 5 nitrogen and oxygen atoms in total. The van der Waals surface area contributed by atoms with Gasteiger partial charge >= 0.3 is 0 Å². The van der Waals surface area contributed by atoms with Crippen LogP contribution in [0.2, 0.25) is 0 Å². The van der Waals surface area contributed by atoms with Gasteiger partial charge in [-0.2, -0.15) is 0 Å². The van der Waals surface area contributed by atoms with Crippen molar-refractivity contribution >= 4 is 11.8 Å². The second-order valence-corrected chi connectivity index (χ2v) is 7.52. The van der Waals surface area contributed by atoms with Crippen molar-refractivity contribution in [1.82, 2.24) is 9.80 Å². The van der Waals surface area contributed by atoms with E-state index in [-0.39, 0.29) is 23.8 Å². The van der Waals surface area contributed by atoms with Gasteiger partial charge in [-0.1, -0.05) is 30.3 Å². The highest BCUT2D eigenvalue weighted by Gasteiger charge is 2.30. The van der Waals surface area contributed by atoms with Crippen molar-refractivity contribution in [3.8, 4) is 0 Å². The van der Waals surface area contributed by atoms with Crippen LogP contribution in [-0.4, -0.2) is 61.0 Å². The molecule has 0 aromatic heterocycles. The smallest absolute Gasteiger partial charge is 0.226 e. The van der Waals surface area contributed by atoms with Crippen molar-refractivity contribution in [3.63, 3.8) is 0 Å². The number of carbonyl (C=O) groups excluding carboxylic acids is 2. The van der Waals surface area contributed by atoms with Crippen molar-refractivity contribution in [1.29, 1.82) is 0 Å². The van der Waals surface area contributed by atoms with Crippen LogP contribution >= 0.6 is 0 Å². The maximum atomic E-state index is 12.7. The fourth-order valence-electron chi connectivity index (χ4n) is 3.92. The lowest BCUT2D eigenvalue weighted by Gasteiger charge is -2.34. The summed E-state index contributed by atoms with van der Waals surface area (Å²) in [5.41, 5.74) is 1.04. The monoisotopic (exact) mass is 358 g/mol. The molecule has 5 heteroatoms. The highest BCUT2D eigenvalue weighted by Crippen LogP contribution is 2.21. The van der Waals surface area contributed by atoms with Crippen molar-refractivity contribution in [3.05, 3.63) is 35.9 Å². The van der Waals surface area contributed by atoms with Crippen LogP contribution in [0.3, 0.4) is 0 Å². The van der Waals surface area contributed by atoms with Gasteiger partial charge in [-0.05, 0) is 37.7 Å². The number of benzene rings is 1. The fraction of sp³-hybridized carbons (Fsp3) is 0.619. The Morgan fingerprint density at radius 2 is 1.85 bits per heavy atom. The van der Waals surface area contributed by atoms with E-state index in [0.29, 0.717) is 26.1 Å². The van der Waals surface area contributed by atoms with Crippen LogP contribution < -0.4 is 0 Å². The second kappa shape index (κ2) is 9.17. The lowest BCUT2D eigenvalue weighted by molar-refractivity contribution is -0.141. The van der Waals surface area contributed by atoms with Gasteiger partial charge in [0, 0.05) is 39.2 Å². The minimum Gasteiger partial charge on any atom is -0.376 e. The highest BCUT2D eigenvalue weighted by atomic mass is 16.5. The first kappa shape index (κ1) is 18.9. The van der Waals surface area contributed by atoms with Gasteiger partial charge in [0.25, 0.3) is 0 Å². The third-order valence-electron chi connectivity index (χ3n) is 5.52. The molecule has 0 spiro atoms. The lowest BCUT2D eigenvalue weighted by Crippen LogP contribution is -2.45. The molecular formula is C21H30N2O3. The molecule has 2 aliphatic heterocycles. The van der Waals surface area contributed by atoms with E-state index in [2.05, 4.69) is 0 Å². The molecule has 2 fully saturated rings. The van der Waals surface area contributed by atoms with Gasteiger partial charge in [0.15, 0.2) is 0 Å². The molecule has 26 heavy (non-hydrogen) atoms. The first-order valence-electron chi connectivity index (χ1n) is 9.82. The zero-order valence-electron chi connectivity index (χ0n) is 15.7. The summed E-state index contributed by atoms with van der Waals surface area (Å²) in [5.74, 6) is 0.393. The molecule has 0 bridgehead atoms. The number of amides is 2. The molecule has 1 aromatic carbocycles. The minimum atomic E-state index is 0.0318. The van der Waals surface area contributed by atoms with Crippen molar-refractivity contribution in [2.45, 2.75) is 44.6 Å². The summed E-state index contributed by atoms with van der Waals surface area (Å²) in [4.78, 5) is 28.9. The number of nitrogens with zero attached hydrogens (tertiary/aromatic N) is 2. The Hall–Kier alpha value is -1.88. The number of carbonyl (C=O) groups is 2. The van der Waals surface area contributed by atoms with Crippen molar-refractivity contribution in [2.24, 2.45) is 5.92 Å². The topological polar surface area (TPSA) is 49.9 Å². The Morgan fingerprint density at radius 1 is 1.12 bits per heavy atom. The molecule has 2 saturated heterocycles. The van der Waals surface area contributed by atoms with E-state index in [4.69, 9.17) is 4.74 Å². The van der Waals surface area contributed by atoms with Gasteiger partial charge in [0.1, 0.15) is 0 Å². The standard InChI is InChI=1S/C21H30N2O3/c1-22(16-19-9-5-6-14-26-19)21(25)18-10-12-23(13-11-18)20(24)15-17-7-3-2-4-8-17/h2-4,7-8,18-19H,5-6,9-16H2,1H3. The predicted molar refractivity (Wildman–Crippen MR) is 101 cm³/mol. The maximum Gasteiger partial charge on any atom is 0.226 e. The van der Waals surface area contributed by atoms with Gasteiger partial charge in [0.2, 0.25) is 11.8 Å². The molecule has 3 rings (SSSR count). The Bertz CT molecular complexity index is 591. The molecule has 2 amide bonds. The van der Waals surface area contributed by atoms with Crippen molar-refractivity contribution < 1.29 is 14.3 Å². The summed E-state index contributed by atoms with van der Waals surface area (Å²) in [6.45, 7) is 2.85. The molecule has 0 saturated carbocycles. The molecule has 2 heterocycles. The molecule has 1 unspecified atom stereocenters. The van der Waals surface area contributed by atoms with Gasteiger partial charge in [0.05, 0.1) is 12.5 Å². The maximum absolute atomic E-state index is 12.7. The number of hydrogen-bond acceptors (Lipinski definition) is 3. The number of rotatable bonds is 5. The number of hydrogen-bond donors (Lipinski definition) is 0. The minimum absolute atomic E-state index is 0.0318. The summed E-state index contributed by atoms with van der Waals surface area (Å²) in [6.07, 6.45) is 5.51. The molecular weight excluding hydrogens is 328 g/mol. The van der Waals surface area contributed by atoms with Crippen LogP contribution in [0.5, 0.6) is 0 Å². The molecule has 0 N–H and O–H groups in total. The molecule has 142 valence electrons. The van der Waals surface area contributed by atoms with E-state index >= 15 is 0 Å². The summed E-state index contributed by atoms with van der Waals surface area (Å²) < 4.78 is 5.74. The van der Waals surface area contributed by atoms with E-state index in [1.165, 1.54) is 6.42 Å². The highest BCUT2D eigenvalue weighted by molar-refractivity contribution is 5.81. The molecule has 0 radical (unpaired) electrons. The third kappa shape index (κ3) is 5.07. The normalized spacial score (nSPS) is 21.4. The van der Waals surface area contributed by atoms with Crippen LogP contribution in [0.25, 0.3) is 0 Å². The molecule has 1 aromatic rings. The van der Waals surface area contributed by atoms with Gasteiger partial charge < -0.3 is 14.5 Å². The molecule has 2 aliphatic rings. The van der Waals surface area contributed by atoms with E-state index in [1.54, 1.807) is 0 Å². The zero-order chi connectivity index (χ0) is 18.4. The summed E-state index contributed by atoms with van der Waals surface area (Å²) in [7, 11) is 1.88. The molecule has 1 atom stereocenters. The van der Waals surface area contributed by atoms with Gasteiger partial charge in [-0.25, -0.2) is 0 Å². The Morgan fingerprint density at radius 3 is 2.50 bits per heavy atom. The van der Waals surface area contributed by atoms with Gasteiger partial charge in [-0.15, -0.1) is 0 Å². The number of likely N-dealkylation sites (N-methyl/N-ethyl adjacent to an activating group) is 1. The Kier molecular flexibility index (Phi) is 6.67. The summed E-state index contributed by atoms with van der Waals surface area (Å²) in [6, 6.07) is 9.84. The first-order chi connectivity index (χ1) is 12.6. The predicted octanol–water partition coefficient (Wildman–Crippen LogP) is 2.50. The second-order valence-electron chi connectivity index (χ2n) is 7.52. The third-order valence-corrected chi connectivity index (χ3v) is 5.52. The van der Waals surface area contributed by atoms with Crippen LogP contribution in [-0.2, 0) is 20.7 Å². The van der Waals surface area contributed by atoms with E-state index in [0.717, 1.165) is 37.9 Å². The Balaban J connectivity index is 1.43. The van der Waals surface area contributed by atoms with Crippen LogP contribution in [0.1, 0.15) is 37.7 Å². The van der Waals surface area contributed by atoms with Crippen LogP contribution in [0, 0.1) is 5.92 Å². The van der Waals surface area contributed by atoms with Crippen LogP contribution in [0.15, 0.2) is 30.3 Å². The first-order valence-corrected chi connectivity index (χ1v) is 9.82. The van der Waals surface area contributed by atoms with E-state index in [9.17, 15) is 9.59 Å².